The van der Waals surface area contributed by atoms with Gasteiger partial charge in [0, 0.05) is 5.56 Å². The number of hydrogen-bond donors (Lipinski definition) is 2. The second-order valence-electron chi connectivity index (χ2n) is 4.19. The fraction of sp³-hybridized carbons (Fsp3) is 0.214. The van der Waals surface area contributed by atoms with Gasteiger partial charge in [-0.25, -0.2) is 9.97 Å². The molecule has 0 saturated heterocycles. The van der Waals surface area contributed by atoms with E-state index >= 15 is 0 Å². The molecular formula is C14H15BrN4O. The van der Waals surface area contributed by atoms with Crippen LogP contribution in [-0.2, 0) is 6.42 Å². The van der Waals surface area contributed by atoms with Gasteiger partial charge in [0.1, 0.15) is 4.60 Å². The maximum Gasteiger partial charge on any atom is 0.257 e. The van der Waals surface area contributed by atoms with E-state index in [4.69, 9.17) is 0 Å². The molecule has 1 heterocycles. The number of hydrogen-bond acceptors (Lipinski definition) is 4. The van der Waals surface area contributed by atoms with Crippen molar-refractivity contribution in [1.82, 2.24) is 15.3 Å². The molecule has 2 N–H and O–H groups in total. The Bertz CT molecular complexity index is 586. The summed E-state index contributed by atoms with van der Waals surface area (Å²) in [7, 11) is 1.89. The Morgan fingerprint density at radius 1 is 1.25 bits per heavy atom. The van der Waals surface area contributed by atoms with Crippen LogP contribution in [0.2, 0.25) is 0 Å². The van der Waals surface area contributed by atoms with Gasteiger partial charge in [-0.15, -0.1) is 0 Å². The summed E-state index contributed by atoms with van der Waals surface area (Å²) < 4.78 is 0.630. The molecule has 1 aromatic heterocycles. The maximum absolute atomic E-state index is 12.3. The highest BCUT2D eigenvalue weighted by Gasteiger charge is 2.11. The fourth-order valence-electron chi connectivity index (χ4n) is 1.78. The highest BCUT2D eigenvalue weighted by molar-refractivity contribution is 9.10. The molecule has 1 amide bonds. The molecule has 2 rings (SSSR count). The van der Waals surface area contributed by atoms with E-state index < -0.39 is 0 Å². The minimum absolute atomic E-state index is 0.173. The van der Waals surface area contributed by atoms with Gasteiger partial charge in [0.25, 0.3) is 5.91 Å². The van der Waals surface area contributed by atoms with Crippen molar-refractivity contribution in [3.05, 3.63) is 52.4 Å². The molecule has 0 aliphatic rings. The molecule has 0 aliphatic heterocycles. The molecule has 104 valence electrons. The van der Waals surface area contributed by atoms with Crippen molar-refractivity contribution in [1.29, 1.82) is 0 Å². The van der Waals surface area contributed by atoms with E-state index in [0.717, 1.165) is 18.5 Å². The van der Waals surface area contributed by atoms with Gasteiger partial charge >= 0.3 is 0 Å². The molecule has 0 radical (unpaired) electrons. The molecule has 6 heteroatoms. The van der Waals surface area contributed by atoms with Crippen LogP contribution < -0.4 is 10.6 Å². The van der Waals surface area contributed by atoms with Crippen LogP contribution >= 0.6 is 15.9 Å². The van der Waals surface area contributed by atoms with Gasteiger partial charge in [0.05, 0.1) is 12.4 Å². The molecule has 0 atom stereocenters. The molecule has 5 nitrogen and oxygen atoms in total. The molecule has 1 aromatic carbocycles. The van der Waals surface area contributed by atoms with Crippen molar-refractivity contribution >= 4 is 27.7 Å². The summed E-state index contributed by atoms with van der Waals surface area (Å²) in [4.78, 5) is 20.4. The molecule has 0 bridgehead atoms. The van der Waals surface area contributed by atoms with E-state index in [1.165, 1.54) is 6.20 Å². The van der Waals surface area contributed by atoms with E-state index in [-0.39, 0.29) is 5.91 Å². The first-order chi connectivity index (χ1) is 9.70. The Morgan fingerprint density at radius 3 is 2.75 bits per heavy atom. The van der Waals surface area contributed by atoms with Crippen LogP contribution in [0.3, 0.4) is 0 Å². The molecule has 20 heavy (non-hydrogen) atoms. The highest BCUT2D eigenvalue weighted by Crippen LogP contribution is 2.12. The Balaban J connectivity index is 2.14. The monoisotopic (exact) mass is 334 g/mol. The first kappa shape index (κ1) is 14.6. The lowest BCUT2D eigenvalue weighted by molar-refractivity contribution is 0.102. The predicted molar refractivity (Wildman–Crippen MR) is 81.8 cm³/mol. The Kier molecular flexibility index (Phi) is 5.20. The second-order valence-corrected chi connectivity index (χ2v) is 5.00. The number of rotatable bonds is 5. The first-order valence-corrected chi connectivity index (χ1v) is 7.01. The quantitative estimate of drug-likeness (QED) is 0.880. The number of carbonyl (C=O) groups is 1. The van der Waals surface area contributed by atoms with E-state index in [1.807, 2.05) is 31.3 Å². The van der Waals surface area contributed by atoms with Gasteiger partial charge in [-0.1, -0.05) is 18.2 Å². The topological polar surface area (TPSA) is 66.9 Å². The summed E-state index contributed by atoms with van der Waals surface area (Å²) in [6.45, 7) is 0.822. The number of anilines is 1. The lowest BCUT2D eigenvalue weighted by atomic mass is 10.0. The van der Waals surface area contributed by atoms with Gasteiger partial charge in [-0.2, -0.15) is 0 Å². The van der Waals surface area contributed by atoms with Crippen molar-refractivity contribution in [2.24, 2.45) is 0 Å². The zero-order chi connectivity index (χ0) is 14.4. The third-order valence-corrected chi connectivity index (χ3v) is 3.18. The van der Waals surface area contributed by atoms with E-state index in [2.05, 4.69) is 36.5 Å². The summed E-state index contributed by atoms with van der Waals surface area (Å²) >= 11 is 3.20. The number of likely N-dealkylation sites (N-methyl/N-ethyl adjacent to an activating group) is 1. The average Bonchev–Trinajstić information content (AvgIpc) is 2.47. The van der Waals surface area contributed by atoms with Crippen LogP contribution in [0.15, 0.2) is 41.3 Å². The number of halogens is 1. The molecule has 0 saturated carbocycles. The number of aromatic nitrogens is 2. The Morgan fingerprint density at radius 2 is 2.05 bits per heavy atom. The van der Waals surface area contributed by atoms with Gasteiger partial charge in [-0.3, -0.25) is 4.79 Å². The molecule has 0 fully saturated rings. The van der Waals surface area contributed by atoms with Crippen molar-refractivity contribution in [2.45, 2.75) is 6.42 Å². The van der Waals surface area contributed by atoms with Crippen LogP contribution in [0.25, 0.3) is 0 Å². The Labute approximate surface area is 126 Å². The number of benzene rings is 1. The summed E-state index contributed by atoms with van der Waals surface area (Å²) in [5, 5.41) is 5.83. The highest BCUT2D eigenvalue weighted by atomic mass is 79.9. The van der Waals surface area contributed by atoms with Crippen molar-refractivity contribution in [3.63, 3.8) is 0 Å². The van der Waals surface area contributed by atoms with E-state index in [9.17, 15) is 4.79 Å². The third-order valence-electron chi connectivity index (χ3n) is 2.77. The van der Waals surface area contributed by atoms with Crippen LogP contribution in [-0.4, -0.2) is 29.5 Å². The molecule has 0 spiro atoms. The minimum atomic E-state index is -0.173. The molecule has 0 unspecified atom stereocenters. The van der Waals surface area contributed by atoms with Gasteiger partial charge in [-0.05, 0) is 47.6 Å². The van der Waals surface area contributed by atoms with E-state index in [1.54, 1.807) is 6.20 Å². The predicted octanol–water partition coefficient (Wildman–Crippen LogP) is 2.25. The lowest BCUT2D eigenvalue weighted by Gasteiger charge is -2.09. The summed E-state index contributed by atoms with van der Waals surface area (Å²) in [5.74, 6) is 0.259. The zero-order valence-electron chi connectivity index (χ0n) is 11.1. The van der Waals surface area contributed by atoms with Gasteiger partial charge in [0.2, 0.25) is 0 Å². The summed E-state index contributed by atoms with van der Waals surface area (Å²) in [5.41, 5.74) is 1.66. The zero-order valence-corrected chi connectivity index (χ0v) is 12.6. The number of nitrogens with zero attached hydrogens (tertiary/aromatic N) is 2. The van der Waals surface area contributed by atoms with Crippen molar-refractivity contribution in [2.75, 3.05) is 18.9 Å². The summed E-state index contributed by atoms with van der Waals surface area (Å²) in [6, 6.07) is 7.55. The largest absolute Gasteiger partial charge is 0.319 e. The normalized spacial score (nSPS) is 10.3. The first-order valence-electron chi connectivity index (χ1n) is 6.22. The Hall–Kier alpha value is -1.79. The van der Waals surface area contributed by atoms with Crippen LogP contribution in [0.4, 0.5) is 5.82 Å². The lowest BCUT2D eigenvalue weighted by Crippen LogP contribution is -2.17. The fourth-order valence-corrected chi connectivity index (χ4v) is 1.98. The van der Waals surface area contributed by atoms with Crippen molar-refractivity contribution in [3.8, 4) is 0 Å². The van der Waals surface area contributed by atoms with Crippen LogP contribution in [0, 0.1) is 0 Å². The van der Waals surface area contributed by atoms with Gasteiger partial charge < -0.3 is 10.6 Å². The molecular weight excluding hydrogens is 320 g/mol. The smallest absolute Gasteiger partial charge is 0.257 e. The molecule has 2 aromatic rings. The number of nitrogens with one attached hydrogen (secondary N) is 2. The van der Waals surface area contributed by atoms with Gasteiger partial charge in [0.15, 0.2) is 5.82 Å². The minimum Gasteiger partial charge on any atom is -0.319 e. The second kappa shape index (κ2) is 7.12. The SMILES string of the molecule is CNCCc1ccccc1C(=O)Nc1cnc(Br)cn1. The molecule has 0 aliphatic carbocycles. The standard InChI is InChI=1S/C14H15BrN4O/c1-16-7-6-10-4-2-3-5-11(10)14(20)19-13-9-17-12(15)8-18-13/h2-5,8-9,16H,6-7H2,1H3,(H,18,19,20). The van der Waals surface area contributed by atoms with E-state index in [0.29, 0.717) is 16.0 Å². The summed E-state index contributed by atoms with van der Waals surface area (Å²) in [6.07, 6.45) is 3.85. The number of amides is 1. The third kappa shape index (κ3) is 3.85. The maximum atomic E-state index is 12.3. The van der Waals surface area contributed by atoms with Crippen LogP contribution in [0.5, 0.6) is 0 Å². The number of carbonyl (C=O) groups excluding carboxylic acids is 1. The van der Waals surface area contributed by atoms with Crippen molar-refractivity contribution < 1.29 is 4.79 Å². The average molecular weight is 335 g/mol. The van der Waals surface area contributed by atoms with Crippen LogP contribution in [0.1, 0.15) is 15.9 Å².